The third-order valence-corrected chi connectivity index (χ3v) is 6.13. The molecule has 3 aromatic rings. The summed E-state index contributed by atoms with van der Waals surface area (Å²) < 4.78 is 10.5. The Hall–Kier alpha value is -2.44. The van der Waals surface area contributed by atoms with E-state index in [1.54, 1.807) is 0 Å². The lowest BCUT2D eigenvalue weighted by molar-refractivity contribution is -0.941. The van der Waals surface area contributed by atoms with Crippen molar-refractivity contribution in [3.8, 4) is 17.1 Å². The van der Waals surface area contributed by atoms with E-state index in [-0.39, 0.29) is 0 Å². The van der Waals surface area contributed by atoms with Gasteiger partial charge in [0.05, 0.1) is 13.2 Å². The van der Waals surface area contributed by atoms with Gasteiger partial charge in [-0.25, -0.2) is 0 Å². The molecular weight excluding hydrogens is 380 g/mol. The Morgan fingerprint density at radius 1 is 1.10 bits per heavy atom. The van der Waals surface area contributed by atoms with Crippen LogP contribution >= 0.6 is 12.2 Å². The smallest absolute Gasteiger partial charge is 0.203 e. The normalized spacial score (nSPS) is 18.8. The molecule has 5 nitrogen and oxygen atoms in total. The lowest BCUT2D eigenvalue weighted by atomic mass is 10.0. The number of benzene rings is 2. The van der Waals surface area contributed by atoms with Crippen LogP contribution in [0, 0.1) is 4.77 Å². The van der Waals surface area contributed by atoms with Gasteiger partial charge in [-0.05, 0) is 50.3 Å². The van der Waals surface area contributed by atoms with E-state index in [9.17, 15) is 0 Å². The van der Waals surface area contributed by atoms with E-state index in [0.717, 1.165) is 41.7 Å². The first-order valence-electron chi connectivity index (χ1n) is 10.5. The monoisotopic (exact) mass is 409 g/mol. The maximum Gasteiger partial charge on any atom is 0.203 e. The molecule has 1 aliphatic heterocycles. The van der Waals surface area contributed by atoms with E-state index in [1.165, 1.54) is 23.3 Å². The standard InChI is InChI=1S/C23H28N4OS/c1-3-26-22(19-9-6-5-7-10-19)24-27(23(26)29)17-25-16-8-11-21(25)18-12-14-20(15-13-18)28-4-2/h5-7,9-10,12-15,21H,3-4,8,11,16-17H2,1-2H3/p+1/t21-/m1/s1. The Morgan fingerprint density at radius 2 is 1.86 bits per heavy atom. The van der Waals surface area contributed by atoms with Crippen LogP contribution < -0.4 is 9.64 Å². The molecule has 1 fully saturated rings. The average Bonchev–Trinajstić information content (AvgIpc) is 3.34. The largest absolute Gasteiger partial charge is 0.494 e. The number of nitrogens with zero attached hydrogens (tertiary/aromatic N) is 3. The first-order valence-corrected chi connectivity index (χ1v) is 10.9. The van der Waals surface area contributed by atoms with Crippen LogP contribution in [0.2, 0.25) is 0 Å². The highest BCUT2D eigenvalue weighted by molar-refractivity contribution is 7.71. The number of hydrogen-bond donors (Lipinski definition) is 1. The molecule has 152 valence electrons. The number of hydrogen-bond acceptors (Lipinski definition) is 3. The Bertz CT molecular complexity index is 994. The molecule has 2 aromatic carbocycles. The molecule has 1 N–H and O–H groups in total. The topological polar surface area (TPSA) is 36.4 Å². The summed E-state index contributed by atoms with van der Waals surface area (Å²) >= 11 is 5.78. The van der Waals surface area contributed by atoms with Gasteiger partial charge in [-0.3, -0.25) is 0 Å². The van der Waals surface area contributed by atoms with Crippen molar-refractivity contribution in [2.75, 3.05) is 13.2 Å². The molecule has 1 saturated heterocycles. The lowest BCUT2D eigenvalue weighted by Crippen LogP contribution is -3.09. The number of aromatic nitrogens is 3. The highest BCUT2D eigenvalue weighted by Crippen LogP contribution is 2.23. The van der Waals surface area contributed by atoms with Crippen LogP contribution in [0.15, 0.2) is 54.6 Å². The molecule has 0 amide bonds. The molecule has 2 atom stereocenters. The zero-order chi connectivity index (χ0) is 20.2. The molecule has 29 heavy (non-hydrogen) atoms. The van der Waals surface area contributed by atoms with E-state index in [0.29, 0.717) is 12.6 Å². The second-order valence-corrected chi connectivity index (χ2v) is 7.84. The van der Waals surface area contributed by atoms with Crippen molar-refractivity contribution in [3.05, 3.63) is 64.9 Å². The third kappa shape index (κ3) is 4.14. The molecule has 1 aliphatic rings. The Morgan fingerprint density at radius 3 is 2.55 bits per heavy atom. The van der Waals surface area contributed by atoms with Gasteiger partial charge in [-0.1, -0.05) is 30.3 Å². The molecule has 0 spiro atoms. The summed E-state index contributed by atoms with van der Waals surface area (Å²) in [5.74, 6) is 1.89. The number of ether oxygens (including phenoxy) is 1. The van der Waals surface area contributed by atoms with Gasteiger partial charge in [0.2, 0.25) is 4.77 Å². The van der Waals surface area contributed by atoms with Gasteiger partial charge in [0.1, 0.15) is 11.8 Å². The van der Waals surface area contributed by atoms with Gasteiger partial charge in [0.15, 0.2) is 12.5 Å². The van der Waals surface area contributed by atoms with Gasteiger partial charge in [0, 0.05) is 30.5 Å². The minimum atomic E-state index is 0.472. The lowest BCUT2D eigenvalue weighted by Gasteiger charge is -2.21. The highest BCUT2D eigenvalue weighted by atomic mass is 32.1. The Kier molecular flexibility index (Phi) is 6.11. The predicted molar refractivity (Wildman–Crippen MR) is 118 cm³/mol. The number of nitrogens with one attached hydrogen (secondary N) is 1. The van der Waals surface area contributed by atoms with Crippen LogP contribution in [0.3, 0.4) is 0 Å². The SMILES string of the molecule is CCOc1ccc([C@H]2CCC[NH+]2Cn2nc(-c3ccccc3)n(CC)c2=S)cc1. The van der Waals surface area contributed by atoms with Gasteiger partial charge in [-0.15, -0.1) is 5.10 Å². The minimum absolute atomic E-state index is 0.472. The second kappa shape index (κ2) is 8.93. The summed E-state index contributed by atoms with van der Waals surface area (Å²) in [5, 5.41) is 4.92. The van der Waals surface area contributed by atoms with E-state index < -0.39 is 0 Å². The molecule has 0 bridgehead atoms. The fourth-order valence-electron chi connectivity index (χ4n) is 4.29. The third-order valence-electron chi connectivity index (χ3n) is 5.70. The zero-order valence-electron chi connectivity index (χ0n) is 17.2. The van der Waals surface area contributed by atoms with Crippen molar-refractivity contribution in [1.29, 1.82) is 0 Å². The van der Waals surface area contributed by atoms with Crippen LogP contribution in [0.1, 0.15) is 38.3 Å². The predicted octanol–water partition coefficient (Wildman–Crippen LogP) is 3.88. The van der Waals surface area contributed by atoms with Crippen LogP contribution in [0.25, 0.3) is 11.4 Å². The number of quaternary nitrogens is 1. The average molecular weight is 410 g/mol. The van der Waals surface area contributed by atoms with Crippen molar-refractivity contribution in [1.82, 2.24) is 14.3 Å². The van der Waals surface area contributed by atoms with Gasteiger partial charge >= 0.3 is 0 Å². The Labute approximate surface area is 177 Å². The van der Waals surface area contributed by atoms with Crippen LogP contribution in [-0.2, 0) is 13.2 Å². The van der Waals surface area contributed by atoms with E-state index in [1.807, 2.05) is 29.8 Å². The molecule has 4 rings (SSSR count). The summed E-state index contributed by atoms with van der Waals surface area (Å²) in [6, 6.07) is 19.4. The summed E-state index contributed by atoms with van der Waals surface area (Å²) in [6.45, 7) is 7.59. The summed E-state index contributed by atoms with van der Waals surface area (Å²) in [7, 11) is 0. The Balaban J connectivity index is 1.58. The summed E-state index contributed by atoms with van der Waals surface area (Å²) in [4.78, 5) is 1.52. The quantitative estimate of drug-likeness (QED) is 0.602. The maximum atomic E-state index is 5.78. The van der Waals surface area contributed by atoms with Crippen LogP contribution in [0.4, 0.5) is 0 Å². The fourth-order valence-corrected chi connectivity index (χ4v) is 4.61. The van der Waals surface area contributed by atoms with Crippen LogP contribution in [0.5, 0.6) is 5.75 Å². The van der Waals surface area contributed by atoms with Crippen molar-refractivity contribution in [2.45, 2.75) is 45.9 Å². The van der Waals surface area contributed by atoms with Gasteiger partial charge in [-0.2, -0.15) is 4.68 Å². The van der Waals surface area contributed by atoms with E-state index in [2.05, 4.69) is 47.9 Å². The summed E-state index contributed by atoms with van der Waals surface area (Å²) in [6.07, 6.45) is 2.41. The molecule has 0 saturated carbocycles. The number of likely N-dealkylation sites (tertiary alicyclic amines) is 1. The fraction of sp³-hybridized carbons (Fsp3) is 0.391. The highest BCUT2D eigenvalue weighted by Gasteiger charge is 2.31. The van der Waals surface area contributed by atoms with Crippen molar-refractivity contribution in [3.63, 3.8) is 0 Å². The first kappa shape index (κ1) is 19.9. The van der Waals surface area contributed by atoms with Crippen molar-refractivity contribution < 1.29 is 9.64 Å². The van der Waals surface area contributed by atoms with Crippen LogP contribution in [-0.4, -0.2) is 27.5 Å². The summed E-state index contributed by atoms with van der Waals surface area (Å²) in [5.41, 5.74) is 2.48. The molecule has 1 unspecified atom stereocenters. The zero-order valence-corrected chi connectivity index (χ0v) is 18.0. The van der Waals surface area contributed by atoms with E-state index >= 15 is 0 Å². The first-order chi connectivity index (χ1) is 14.2. The number of rotatable bonds is 7. The molecule has 0 radical (unpaired) electrons. The molecule has 2 heterocycles. The maximum absolute atomic E-state index is 5.78. The molecule has 0 aliphatic carbocycles. The van der Waals surface area contributed by atoms with Crippen molar-refractivity contribution in [2.24, 2.45) is 0 Å². The second-order valence-electron chi connectivity index (χ2n) is 7.48. The molecule has 1 aromatic heterocycles. The molecular formula is C23H29N4OS+. The minimum Gasteiger partial charge on any atom is -0.494 e. The molecule has 6 heteroatoms. The van der Waals surface area contributed by atoms with E-state index in [4.69, 9.17) is 22.1 Å². The van der Waals surface area contributed by atoms with Crippen molar-refractivity contribution >= 4 is 12.2 Å². The van der Waals surface area contributed by atoms with Gasteiger partial charge < -0.3 is 14.2 Å². The van der Waals surface area contributed by atoms with Gasteiger partial charge in [0.25, 0.3) is 0 Å².